The first-order chi connectivity index (χ1) is 9.15. The molecule has 0 radical (unpaired) electrons. The summed E-state index contributed by atoms with van der Waals surface area (Å²) in [4.78, 5) is 11.2. The Morgan fingerprint density at radius 2 is 2.05 bits per heavy atom. The molecule has 2 aromatic heterocycles. The fraction of sp³-hybridized carbons (Fsp3) is 0.0833. The van der Waals surface area contributed by atoms with Crippen LogP contribution in [0.1, 0.15) is 5.69 Å². The highest BCUT2D eigenvalue weighted by Crippen LogP contribution is 2.27. The second-order valence-electron chi connectivity index (χ2n) is 4.00. The summed E-state index contributed by atoms with van der Waals surface area (Å²) in [6.45, 7) is 0.555. The third kappa shape index (κ3) is 2.36. The lowest BCUT2D eigenvalue weighted by molar-refractivity contribution is 0.780. The maximum atomic E-state index is 6.05. The van der Waals surface area contributed by atoms with Crippen molar-refractivity contribution in [3.63, 3.8) is 0 Å². The van der Waals surface area contributed by atoms with Crippen molar-refractivity contribution < 1.29 is 0 Å². The van der Waals surface area contributed by atoms with E-state index >= 15 is 0 Å². The number of hydrogen-bond acceptors (Lipinski definition) is 3. The Hall–Kier alpha value is -1.43. The minimum Gasteiger partial charge on any atom is -0.331 e. The summed E-state index contributed by atoms with van der Waals surface area (Å²) in [5.41, 5.74) is 2.63. The number of halogens is 2. The Morgan fingerprint density at radius 3 is 2.79 bits per heavy atom. The second kappa shape index (κ2) is 4.92. The van der Waals surface area contributed by atoms with Gasteiger partial charge in [-0.2, -0.15) is 0 Å². The van der Waals surface area contributed by atoms with E-state index in [9.17, 15) is 0 Å². The Balaban J connectivity index is 2.16. The van der Waals surface area contributed by atoms with Gasteiger partial charge < -0.3 is 9.55 Å². The van der Waals surface area contributed by atoms with Crippen molar-refractivity contribution in [2.45, 2.75) is 6.54 Å². The summed E-state index contributed by atoms with van der Waals surface area (Å²) in [7, 11) is 0. The van der Waals surface area contributed by atoms with Crippen LogP contribution in [0, 0.1) is 4.77 Å². The maximum Gasteiger partial charge on any atom is 0.178 e. The molecule has 0 aliphatic heterocycles. The number of nitrogens with one attached hydrogen (secondary N) is 1. The van der Waals surface area contributed by atoms with Crippen molar-refractivity contribution in [2.24, 2.45) is 0 Å². The molecule has 0 atom stereocenters. The molecule has 0 saturated heterocycles. The van der Waals surface area contributed by atoms with Crippen LogP contribution in [0.5, 0.6) is 0 Å². The van der Waals surface area contributed by atoms with E-state index in [1.807, 2.05) is 10.6 Å². The molecular weight excluding hydrogens is 303 g/mol. The zero-order valence-electron chi connectivity index (χ0n) is 9.60. The Kier molecular flexibility index (Phi) is 3.26. The molecule has 1 aromatic carbocycles. The number of rotatable bonds is 2. The molecule has 0 saturated carbocycles. The van der Waals surface area contributed by atoms with Gasteiger partial charge in [-0.15, -0.1) is 0 Å². The quantitative estimate of drug-likeness (QED) is 0.731. The van der Waals surface area contributed by atoms with Crippen LogP contribution in [0.15, 0.2) is 30.7 Å². The highest BCUT2D eigenvalue weighted by molar-refractivity contribution is 7.71. The first-order valence-electron chi connectivity index (χ1n) is 5.47. The number of aromatic amines is 1. The van der Waals surface area contributed by atoms with Gasteiger partial charge in [0, 0.05) is 6.20 Å². The summed E-state index contributed by atoms with van der Waals surface area (Å²) < 4.78 is 2.53. The maximum absolute atomic E-state index is 6.05. The Morgan fingerprint density at radius 1 is 1.26 bits per heavy atom. The molecule has 0 amide bonds. The van der Waals surface area contributed by atoms with Crippen molar-refractivity contribution in [3.8, 4) is 0 Å². The zero-order chi connectivity index (χ0) is 13.4. The lowest BCUT2D eigenvalue weighted by Crippen LogP contribution is -2.01. The minimum absolute atomic E-state index is 0.500. The van der Waals surface area contributed by atoms with Gasteiger partial charge in [0.15, 0.2) is 4.77 Å². The highest BCUT2D eigenvalue weighted by atomic mass is 35.5. The van der Waals surface area contributed by atoms with E-state index in [2.05, 4.69) is 15.0 Å². The average molecular weight is 311 g/mol. The van der Waals surface area contributed by atoms with Gasteiger partial charge in [-0.1, -0.05) is 23.2 Å². The summed E-state index contributed by atoms with van der Waals surface area (Å²) in [6, 6.07) is 5.41. The normalized spacial score (nSPS) is 11.1. The first-order valence-corrected chi connectivity index (χ1v) is 6.64. The van der Waals surface area contributed by atoms with E-state index in [1.54, 1.807) is 18.3 Å². The topological polar surface area (TPSA) is 46.5 Å². The van der Waals surface area contributed by atoms with E-state index < -0.39 is 0 Å². The number of imidazole rings is 1. The van der Waals surface area contributed by atoms with Crippen molar-refractivity contribution in [1.29, 1.82) is 0 Å². The lowest BCUT2D eigenvalue weighted by atomic mass is 10.3. The predicted molar refractivity (Wildman–Crippen MR) is 78.3 cm³/mol. The number of benzene rings is 1. The van der Waals surface area contributed by atoms with Gasteiger partial charge in [-0.25, -0.2) is 9.97 Å². The molecule has 19 heavy (non-hydrogen) atoms. The van der Waals surface area contributed by atoms with E-state index in [0.29, 0.717) is 21.4 Å². The van der Waals surface area contributed by atoms with E-state index in [1.165, 1.54) is 6.33 Å². The molecule has 2 heterocycles. The molecule has 0 aliphatic carbocycles. The van der Waals surface area contributed by atoms with Crippen LogP contribution in [0.25, 0.3) is 11.0 Å². The molecule has 4 nitrogen and oxygen atoms in total. The molecule has 0 aliphatic rings. The minimum atomic E-state index is 0.500. The molecule has 0 spiro atoms. The lowest BCUT2D eigenvalue weighted by Gasteiger charge is -2.04. The zero-order valence-corrected chi connectivity index (χ0v) is 11.9. The number of hydrogen-bond donors (Lipinski definition) is 1. The van der Waals surface area contributed by atoms with E-state index in [0.717, 1.165) is 16.7 Å². The van der Waals surface area contributed by atoms with Crippen molar-refractivity contribution >= 4 is 46.5 Å². The molecule has 3 aromatic rings. The van der Waals surface area contributed by atoms with Crippen molar-refractivity contribution in [3.05, 3.63) is 51.2 Å². The molecule has 1 N–H and O–H groups in total. The van der Waals surface area contributed by atoms with Crippen LogP contribution in [0.3, 0.4) is 0 Å². The monoisotopic (exact) mass is 310 g/mol. The largest absolute Gasteiger partial charge is 0.331 e. The smallest absolute Gasteiger partial charge is 0.178 e. The van der Waals surface area contributed by atoms with E-state index in [-0.39, 0.29) is 0 Å². The SMILES string of the molecule is S=c1[nH]c2cc(Cl)c(Cl)cc2n1Cc1ccncn1. The molecule has 96 valence electrons. The van der Waals surface area contributed by atoms with Gasteiger partial charge in [0.25, 0.3) is 0 Å². The molecule has 7 heteroatoms. The van der Waals surface area contributed by atoms with Gasteiger partial charge in [0.05, 0.1) is 33.3 Å². The molecule has 0 fully saturated rings. The molecule has 3 rings (SSSR count). The summed E-state index contributed by atoms with van der Waals surface area (Å²) in [5, 5.41) is 0.999. The van der Waals surface area contributed by atoms with Gasteiger partial charge in [0.2, 0.25) is 0 Å². The third-order valence-corrected chi connectivity index (χ3v) is 3.82. The number of nitrogens with zero attached hydrogens (tertiary/aromatic N) is 3. The van der Waals surface area contributed by atoms with Gasteiger partial charge in [0.1, 0.15) is 6.33 Å². The van der Waals surface area contributed by atoms with Crippen molar-refractivity contribution in [1.82, 2.24) is 19.5 Å². The fourth-order valence-electron chi connectivity index (χ4n) is 1.88. The van der Waals surface area contributed by atoms with Gasteiger partial charge >= 0.3 is 0 Å². The van der Waals surface area contributed by atoms with Crippen molar-refractivity contribution in [2.75, 3.05) is 0 Å². The van der Waals surface area contributed by atoms with Crippen LogP contribution in [-0.2, 0) is 6.54 Å². The summed E-state index contributed by atoms with van der Waals surface area (Å²) >= 11 is 17.4. The van der Waals surface area contributed by atoms with Crippen LogP contribution in [0.2, 0.25) is 10.0 Å². The first kappa shape index (κ1) is 12.6. The highest BCUT2D eigenvalue weighted by Gasteiger charge is 2.09. The molecule has 0 bridgehead atoms. The second-order valence-corrected chi connectivity index (χ2v) is 5.20. The van der Waals surface area contributed by atoms with Gasteiger partial charge in [-0.3, -0.25) is 0 Å². The van der Waals surface area contributed by atoms with Crippen LogP contribution in [-0.4, -0.2) is 19.5 Å². The van der Waals surface area contributed by atoms with Crippen LogP contribution in [0.4, 0.5) is 0 Å². The summed E-state index contributed by atoms with van der Waals surface area (Å²) in [5.74, 6) is 0. The van der Waals surface area contributed by atoms with E-state index in [4.69, 9.17) is 35.4 Å². The molecular formula is C12H8Cl2N4S. The Bertz CT molecular complexity index is 795. The molecule has 0 unspecified atom stereocenters. The third-order valence-electron chi connectivity index (χ3n) is 2.78. The average Bonchev–Trinajstić information content (AvgIpc) is 2.68. The number of H-pyrrole nitrogens is 1. The number of aromatic nitrogens is 4. The fourth-order valence-corrected chi connectivity index (χ4v) is 2.48. The standard InChI is InChI=1S/C12H8Cl2N4S/c13-8-3-10-11(4-9(8)14)18(12(19)17-10)5-7-1-2-15-6-16-7/h1-4,6H,5H2,(H,17,19). The van der Waals surface area contributed by atoms with Crippen LogP contribution >= 0.6 is 35.4 Å². The number of fused-ring (bicyclic) bond motifs is 1. The van der Waals surface area contributed by atoms with Gasteiger partial charge in [-0.05, 0) is 30.4 Å². The van der Waals surface area contributed by atoms with Crippen LogP contribution < -0.4 is 0 Å². The summed E-state index contributed by atoms with van der Waals surface area (Å²) in [6.07, 6.45) is 3.21. The Labute approximate surface area is 124 Å². The predicted octanol–water partition coefficient (Wildman–Crippen LogP) is 3.84.